The van der Waals surface area contributed by atoms with Crippen molar-refractivity contribution < 1.29 is 14.3 Å². The monoisotopic (exact) mass is 340 g/mol. The minimum Gasteiger partial charge on any atom is -0.454 e. The largest absolute Gasteiger partial charge is 0.454 e. The number of rotatable bonds is 6. The number of hydrogen-bond acceptors (Lipinski definition) is 4. The third kappa shape index (κ3) is 4.12. The molecule has 132 valence electrons. The van der Waals surface area contributed by atoms with Crippen molar-refractivity contribution >= 4 is 5.91 Å². The molecular formula is C20H24N2O3. The number of fused-ring (bicyclic) bond motifs is 1. The Hall–Kier alpha value is -2.53. The molecule has 0 radical (unpaired) electrons. The Balaban J connectivity index is 1.58. The predicted molar refractivity (Wildman–Crippen MR) is 96.7 cm³/mol. The van der Waals surface area contributed by atoms with E-state index in [0.29, 0.717) is 13.0 Å². The molecule has 0 aromatic heterocycles. The van der Waals surface area contributed by atoms with Crippen LogP contribution < -0.4 is 20.5 Å². The Labute approximate surface area is 148 Å². The van der Waals surface area contributed by atoms with Gasteiger partial charge in [-0.1, -0.05) is 50.2 Å². The molecule has 0 unspecified atom stereocenters. The first kappa shape index (κ1) is 17.3. The zero-order valence-electron chi connectivity index (χ0n) is 14.6. The lowest BCUT2D eigenvalue weighted by Crippen LogP contribution is -2.46. The van der Waals surface area contributed by atoms with Crippen LogP contribution in [0.15, 0.2) is 48.5 Å². The summed E-state index contributed by atoms with van der Waals surface area (Å²) >= 11 is 0. The molecule has 0 saturated carbocycles. The van der Waals surface area contributed by atoms with Crippen LogP contribution in [0.5, 0.6) is 11.5 Å². The summed E-state index contributed by atoms with van der Waals surface area (Å²) in [6.45, 7) is 4.90. The van der Waals surface area contributed by atoms with E-state index >= 15 is 0 Å². The predicted octanol–water partition coefficient (Wildman–Crippen LogP) is 2.38. The summed E-state index contributed by atoms with van der Waals surface area (Å²) in [4.78, 5) is 12.3. The molecule has 1 amide bonds. The van der Waals surface area contributed by atoms with Crippen molar-refractivity contribution in [3.8, 4) is 11.5 Å². The maximum Gasteiger partial charge on any atom is 0.237 e. The molecule has 0 saturated heterocycles. The highest BCUT2D eigenvalue weighted by Crippen LogP contribution is 2.36. The molecule has 5 nitrogen and oxygen atoms in total. The molecule has 3 N–H and O–H groups in total. The van der Waals surface area contributed by atoms with Crippen molar-refractivity contribution in [2.75, 3.05) is 13.3 Å². The average Bonchev–Trinajstić information content (AvgIpc) is 3.08. The second-order valence-corrected chi connectivity index (χ2v) is 6.97. The van der Waals surface area contributed by atoms with Gasteiger partial charge in [0.25, 0.3) is 0 Å². The van der Waals surface area contributed by atoms with Crippen molar-refractivity contribution in [2.45, 2.75) is 31.7 Å². The van der Waals surface area contributed by atoms with Gasteiger partial charge in [0.1, 0.15) is 0 Å². The minimum absolute atomic E-state index is 0.141. The van der Waals surface area contributed by atoms with Crippen molar-refractivity contribution in [3.05, 3.63) is 59.7 Å². The van der Waals surface area contributed by atoms with E-state index in [-0.39, 0.29) is 18.1 Å². The summed E-state index contributed by atoms with van der Waals surface area (Å²) in [6.07, 6.45) is 0.525. The fourth-order valence-electron chi connectivity index (χ4n) is 2.82. The van der Waals surface area contributed by atoms with Gasteiger partial charge < -0.3 is 20.5 Å². The van der Waals surface area contributed by atoms with Crippen LogP contribution in [0.1, 0.15) is 25.0 Å². The summed E-state index contributed by atoms with van der Waals surface area (Å²) in [7, 11) is 0. The number of ether oxygens (including phenoxy) is 2. The maximum atomic E-state index is 12.3. The van der Waals surface area contributed by atoms with E-state index in [1.807, 2.05) is 48.5 Å². The molecule has 1 atom stereocenters. The van der Waals surface area contributed by atoms with Crippen molar-refractivity contribution in [2.24, 2.45) is 5.73 Å². The summed E-state index contributed by atoms with van der Waals surface area (Å²) in [5, 5.41) is 2.97. The topological polar surface area (TPSA) is 73.6 Å². The highest BCUT2D eigenvalue weighted by molar-refractivity contribution is 5.81. The standard InChI is InChI=1S/C20H24N2O3/c1-20(2,15-8-9-17-18(11-15)25-13-24-17)12-22-19(23)16(21)10-14-6-4-3-5-7-14/h3-9,11,16H,10,12-13,21H2,1-2H3,(H,22,23)/t16-/m0/s1. The minimum atomic E-state index is -0.560. The van der Waals surface area contributed by atoms with Crippen molar-refractivity contribution in [1.82, 2.24) is 5.32 Å². The van der Waals surface area contributed by atoms with Crippen LogP contribution in [0.4, 0.5) is 0 Å². The molecule has 0 bridgehead atoms. The number of benzene rings is 2. The Morgan fingerprint density at radius 3 is 2.64 bits per heavy atom. The van der Waals surface area contributed by atoms with E-state index in [2.05, 4.69) is 19.2 Å². The maximum absolute atomic E-state index is 12.3. The van der Waals surface area contributed by atoms with E-state index in [1.54, 1.807) is 0 Å². The smallest absolute Gasteiger partial charge is 0.237 e. The molecule has 2 aromatic carbocycles. The van der Waals surface area contributed by atoms with Crippen LogP contribution in [-0.4, -0.2) is 25.3 Å². The average molecular weight is 340 g/mol. The number of carbonyl (C=O) groups excluding carboxylic acids is 1. The van der Waals surface area contributed by atoms with Crippen LogP contribution in [0.25, 0.3) is 0 Å². The third-order valence-electron chi connectivity index (χ3n) is 4.49. The molecular weight excluding hydrogens is 316 g/mol. The highest BCUT2D eigenvalue weighted by atomic mass is 16.7. The first-order valence-corrected chi connectivity index (χ1v) is 8.43. The lowest BCUT2D eigenvalue weighted by atomic mass is 9.84. The second-order valence-electron chi connectivity index (χ2n) is 6.97. The quantitative estimate of drug-likeness (QED) is 0.847. The Morgan fingerprint density at radius 2 is 1.88 bits per heavy atom. The first-order valence-electron chi connectivity index (χ1n) is 8.43. The summed E-state index contributed by atoms with van der Waals surface area (Å²) in [6, 6.07) is 15.1. The SMILES string of the molecule is CC(C)(CNC(=O)[C@@H](N)Cc1ccccc1)c1ccc2c(c1)OCO2. The van der Waals surface area contributed by atoms with Crippen LogP contribution in [0, 0.1) is 0 Å². The highest BCUT2D eigenvalue weighted by Gasteiger charge is 2.25. The molecule has 2 aromatic rings. The molecule has 0 aliphatic carbocycles. The van der Waals surface area contributed by atoms with Gasteiger partial charge in [0.05, 0.1) is 6.04 Å². The van der Waals surface area contributed by atoms with E-state index in [9.17, 15) is 4.79 Å². The fourth-order valence-corrected chi connectivity index (χ4v) is 2.82. The van der Waals surface area contributed by atoms with Gasteiger partial charge in [-0.2, -0.15) is 0 Å². The number of hydrogen-bond donors (Lipinski definition) is 2. The van der Waals surface area contributed by atoms with Crippen molar-refractivity contribution in [3.63, 3.8) is 0 Å². The van der Waals surface area contributed by atoms with Crippen LogP contribution in [-0.2, 0) is 16.6 Å². The molecule has 3 rings (SSSR count). The molecule has 1 heterocycles. The number of nitrogens with one attached hydrogen (secondary N) is 1. The Bertz CT molecular complexity index is 744. The van der Waals surface area contributed by atoms with Crippen LogP contribution in [0.3, 0.4) is 0 Å². The van der Waals surface area contributed by atoms with Gasteiger partial charge in [0, 0.05) is 12.0 Å². The number of nitrogens with two attached hydrogens (primary N) is 1. The summed E-state index contributed by atoms with van der Waals surface area (Å²) in [5.41, 5.74) is 7.93. The zero-order valence-corrected chi connectivity index (χ0v) is 14.6. The second kappa shape index (κ2) is 7.15. The van der Waals surface area contributed by atoms with Gasteiger partial charge in [0.15, 0.2) is 11.5 Å². The first-order chi connectivity index (χ1) is 12.0. The number of amides is 1. The van der Waals surface area contributed by atoms with E-state index in [1.165, 1.54) is 0 Å². The third-order valence-corrected chi connectivity index (χ3v) is 4.49. The molecule has 5 heteroatoms. The van der Waals surface area contributed by atoms with Gasteiger partial charge in [-0.15, -0.1) is 0 Å². The molecule has 1 aliphatic heterocycles. The number of carbonyl (C=O) groups is 1. The van der Waals surface area contributed by atoms with Gasteiger partial charge in [-0.3, -0.25) is 4.79 Å². The van der Waals surface area contributed by atoms with E-state index in [4.69, 9.17) is 15.2 Å². The fraction of sp³-hybridized carbons (Fsp3) is 0.350. The van der Waals surface area contributed by atoms with Crippen LogP contribution >= 0.6 is 0 Å². The summed E-state index contributed by atoms with van der Waals surface area (Å²) in [5.74, 6) is 1.36. The van der Waals surface area contributed by atoms with Gasteiger partial charge in [-0.25, -0.2) is 0 Å². The van der Waals surface area contributed by atoms with E-state index in [0.717, 1.165) is 22.6 Å². The Kier molecular flexibility index (Phi) is 4.95. The van der Waals surface area contributed by atoms with Gasteiger partial charge in [-0.05, 0) is 29.7 Å². The molecule has 1 aliphatic rings. The van der Waals surface area contributed by atoms with Crippen LogP contribution in [0.2, 0.25) is 0 Å². The van der Waals surface area contributed by atoms with Gasteiger partial charge in [0.2, 0.25) is 12.7 Å². The van der Waals surface area contributed by atoms with E-state index < -0.39 is 6.04 Å². The Morgan fingerprint density at radius 1 is 1.16 bits per heavy atom. The van der Waals surface area contributed by atoms with Crippen molar-refractivity contribution in [1.29, 1.82) is 0 Å². The molecule has 0 fully saturated rings. The summed E-state index contributed by atoms with van der Waals surface area (Å²) < 4.78 is 10.8. The molecule has 0 spiro atoms. The normalized spacial score (nSPS) is 14.2. The molecule has 25 heavy (non-hydrogen) atoms. The van der Waals surface area contributed by atoms with Gasteiger partial charge >= 0.3 is 0 Å². The zero-order chi connectivity index (χ0) is 17.9. The lowest BCUT2D eigenvalue weighted by molar-refractivity contribution is -0.122. The lowest BCUT2D eigenvalue weighted by Gasteiger charge is -2.26.